The van der Waals surface area contributed by atoms with E-state index in [0.717, 1.165) is 35.9 Å². The second-order valence-electron chi connectivity index (χ2n) is 6.60. The maximum absolute atomic E-state index is 13.4. The number of fused-ring (bicyclic) bond motifs is 2. The number of nitrogens with one attached hydrogen (secondary N) is 1. The fourth-order valence-corrected chi connectivity index (χ4v) is 4.68. The first-order valence-corrected chi connectivity index (χ1v) is 9.70. The minimum absolute atomic E-state index is 0.148. The number of carbonyl (C=O) groups is 1. The molecule has 23 heavy (non-hydrogen) atoms. The summed E-state index contributed by atoms with van der Waals surface area (Å²) in [6.07, 6.45) is 5.52. The molecule has 0 spiro atoms. The van der Waals surface area contributed by atoms with Crippen LogP contribution in [0.15, 0.2) is 24.3 Å². The number of rotatable bonds is 5. The molecule has 0 aliphatic heterocycles. The Bertz CT molecular complexity index is 707. The Labute approximate surface area is 135 Å². The van der Waals surface area contributed by atoms with Crippen molar-refractivity contribution in [2.75, 3.05) is 17.1 Å². The molecule has 2 aliphatic rings. The highest BCUT2D eigenvalue weighted by atomic mass is 32.2. The lowest BCUT2D eigenvalue weighted by molar-refractivity contribution is -0.120. The SMILES string of the molecule is CS(=O)(=O)N(CC(=O)N[C@@H]1C[C@@H]2CC[C@@H]1C2)c1cccc(F)c1. The molecule has 7 heteroatoms. The molecule has 2 bridgehead atoms. The summed E-state index contributed by atoms with van der Waals surface area (Å²) in [4.78, 5) is 12.3. The molecule has 2 aliphatic carbocycles. The monoisotopic (exact) mass is 340 g/mol. The van der Waals surface area contributed by atoms with E-state index >= 15 is 0 Å². The minimum Gasteiger partial charge on any atom is -0.352 e. The first kappa shape index (κ1) is 16.2. The Morgan fingerprint density at radius 2 is 2.13 bits per heavy atom. The number of halogens is 1. The Morgan fingerprint density at radius 1 is 1.35 bits per heavy atom. The highest BCUT2D eigenvalue weighted by Gasteiger charge is 2.40. The fourth-order valence-electron chi connectivity index (χ4n) is 3.84. The van der Waals surface area contributed by atoms with Gasteiger partial charge in [0.25, 0.3) is 0 Å². The van der Waals surface area contributed by atoms with Gasteiger partial charge in [0, 0.05) is 6.04 Å². The Kier molecular flexibility index (Phi) is 4.31. The van der Waals surface area contributed by atoms with Crippen molar-refractivity contribution in [1.82, 2.24) is 5.32 Å². The number of anilines is 1. The van der Waals surface area contributed by atoms with Gasteiger partial charge in [-0.15, -0.1) is 0 Å². The first-order valence-electron chi connectivity index (χ1n) is 7.85. The average molecular weight is 340 g/mol. The summed E-state index contributed by atoms with van der Waals surface area (Å²) in [5.41, 5.74) is 0.163. The average Bonchev–Trinajstić information content (AvgIpc) is 3.06. The highest BCUT2D eigenvalue weighted by molar-refractivity contribution is 7.92. The minimum atomic E-state index is -3.67. The van der Waals surface area contributed by atoms with Crippen LogP contribution in [0.25, 0.3) is 0 Å². The summed E-state index contributed by atoms with van der Waals surface area (Å²) in [6, 6.07) is 5.41. The number of amides is 1. The highest BCUT2D eigenvalue weighted by Crippen LogP contribution is 2.44. The summed E-state index contributed by atoms with van der Waals surface area (Å²) >= 11 is 0. The van der Waals surface area contributed by atoms with E-state index in [1.165, 1.54) is 24.6 Å². The molecule has 1 aromatic carbocycles. The molecule has 1 amide bonds. The summed E-state index contributed by atoms with van der Waals surface area (Å²) in [5, 5.41) is 2.96. The van der Waals surface area contributed by atoms with Crippen molar-refractivity contribution in [2.24, 2.45) is 11.8 Å². The lowest BCUT2D eigenvalue weighted by atomic mass is 9.95. The number of nitrogens with zero attached hydrogens (tertiary/aromatic N) is 1. The van der Waals surface area contributed by atoms with Crippen LogP contribution < -0.4 is 9.62 Å². The number of carbonyl (C=O) groups excluding carboxylic acids is 1. The molecule has 5 nitrogen and oxygen atoms in total. The van der Waals surface area contributed by atoms with Crippen LogP contribution in [-0.2, 0) is 14.8 Å². The molecule has 126 valence electrons. The first-order chi connectivity index (χ1) is 10.8. The molecular weight excluding hydrogens is 319 g/mol. The normalized spacial score (nSPS) is 26.3. The third kappa shape index (κ3) is 3.65. The van der Waals surface area contributed by atoms with E-state index in [4.69, 9.17) is 0 Å². The summed E-state index contributed by atoms with van der Waals surface area (Å²) < 4.78 is 38.2. The number of benzene rings is 1. The van der Waals surface area contributed by atoms with E-state index in [-0.39, 0.29) is 24.2 Å². The van der Waals surface area contributed by atoms with Gasteiger partial charge in [-0.05, 0) is 49.3 Å². The molecule has 0 radical (unpaired) electrons. The zero-order chi connectivity index (χ0) is 16.6. The van der Waals surface area contributed by atoms with Crippen LogP contribution >= 0.6 is 0 Å². The third-order valence-corrected chi connectivity index (χ3v) is 6.01. The zero-order valence-corrected chi connectivity index (χ0v) is 13.9. The van der Waals surface area contributed by atoms with Crippen LogP contribution in [0.3, 0.4) is 0 Å². The van der Waals surface area contributed by atoms with Gasteiger partial charge in [0.1, 0.15) is 12.4 Å². The van der Waals surface area contributed by atoms with Gasteiger partial charge >= 0.3 is 0 Å². The van der Waals surface area contributed by atoms with Crippen LogP contribution in [0.5, 0.6) is 0 Å². The van der Waals surface area contributed by atoms with Gasteiger partial charge in [-0.1, -0.05) is 12.5 Å². The maximum Gasteiger partial charge on any atom is 0.241 e. The summed E-state index contributed by atoms with van der Waals surface area (Å²) in [5.74, 6) is 0.339. The second-order valence-corrected chi connectivity index (χ2v) is 8.51. The van der Waals surface area contributed by atoms with E-state index < -0.39 is 15.8 Å². The Balaban J connectivity index is 1.70. The molecule has 3 atom stereocenters. The van der Waals surface area contributed by atoms with Gasteiger partial charge in [-0.2, -0.15) is 0 Å². The molecule has 0 saturated heterocycles. The van der Waals surface area contributed by atoms with Crippen molar-refractivity contribution >= 4 is 21.6 Å². The Morgan fingerprint density at radius 3 is 2.70 bits per heavy atom. The molecule has 0 heterocycles. The van der Waals surface area contributed by atoms with E-state index in [0.29, 0.717) is 11.8 Å². The van der Waals surface area contributed by atoms with Gasteiger partial charge in [0.05, 0.1) is 11.9 Å². The Hall–Kier alpha value is -1.63. The van der Waals surface area contributed by atoms with Crippen molar-refractivity contribution in [3.8, 4) is 0 Å². The number of sulfonamides is 1. The predicted octanol–water partition coefficient (Wildman–Crippen LogP) is 1.90. The van der Waals surface area contributed by atoms with Crippen molar-refractivity contribution in [3.63, 3.8) is 0 Å². The van der Waals surface area contributed by atoms with Gasteiger partial charge in [-0.3, -0.25) is 9.10 Å². The lowest BCUT2D eigenvalue weighted by Gasteiger charge is -2.26. The van der Waals surface area contributed by atoms with Gasteiger partial charge in [0.2, 0.25) is 15.9 Å². The molecule has 0 aromatic heterocycles. The third-order valence-electron chi connectivity index (χ3n) is 4.87. The van der Waals surface area contributed by atoms with Crippen LogP contribution in [0, 0.1) is 17.7 Å². The van der Waals surface area contributed by atoms with E-state index in [1.54, 1.807) is 0 Å². The second kappa shape index (κ2) is 6.11. The molecular formula is C16H21FN2O3S. The van der Waals surface area contributed by atoms with Crippen LogP contribution in [-0.4, -0.2) is 33.2 Å². The molecule has 1 aromatic rings. The molecule has 2 saturated carbocycles. The van der Waals surface area contributed by atoms with Crippen molar-refractivity contribution in [2.45, 2.75) is 31.7 Å². The number of hydrogen-bond acceptors (Lipinski definition) is 3. The molecule has 2 fully saturated rings. The summed E-state index contributed by atoms with van der Waals surface area (Å²) in [6.45, 7) is -0.323. The number of hydrogen-bond donors (Lipinski definition) is 1. The smallest absolute Gasteiger partial charge is 0.241 e. The molecule has 0 unspecified atom stereocenters. The van der Waals surface area contributed by atoms with E-state index in [9.17, 15) is 17.6 Å². The van der Waals surface area contributed by atoms with Gasteiger partial charge < -0.3 is 5.32 Å². The summed E-state index contributed by atoms with van der Waals surface area (Å²) in [7, 11) is -3.67. The van der Waals surface area contributed by atoms with Crippen molar-refractivity contribution < 1.29 is 17.6 Å². The van der Waals surface area contributed by atoms with E-state index in [1.807, 2.05) is 0 Å². The largest absolute Gasteiger partial charge is 0.352 e. The predicted molar refractivity (Wildman–Crippen MR) is 86.0 cm³/mol. The quantitative estimate of drug-likeness (QED) is 0.890. The standard InChI is InChI=1S/C16H21FN2O3S/c1-23(21,22)19(14-4-2-3-13(17)9-14)10-16(20)18-15-8-11-5-6-12(15)7-11/h2-4,9,11-12,15H,5-8,10H2,1H3,(H,18,20)/t11-,12-,15-/m1/s1. The maximum atomic E-state index is 13.4. The van der Waals surface area contributed by atoms with Gasteiger partial charge in [0.15, 0.2) is 0 Å². The molecule has 1 N–H and O–H groups in total. The van der Waals surface area contributed by atoms with Crippen LogP contribution in [0.4, 0.5) is 10.1 Å². The van der Waals surface area contributed by atoms with Gasteiger partial charge in [-0.25, -0.2) is 12.8 Å². The van der Waals surface area contributed by atoms with Crippen molar-refractivity contribution in [1.29, 1.82) is 0 Å². The molecule has 3 rings (SSSR count). The van der Waals surface area contributed by atoms with Crippen LogP contribution in [0.1, 0.15) is 25.7 Å². The lowest BCUT2D eigenvalue weighted by Crippen LogP contribution is -2.45. The van der Waals surface area contributed by atoms with E-state index in [2.05, 4.69) is 5.32 Å². The zero-order valence-electron chi connectivity index (χ0n) is 13.0. The fraction of sp³-hybridized carbons (Fsp3) is 0.562. The van der Waals surface area contributed by atoms with Crippen LogP contribution in [0.2, 0.25) is 0 Å². The topological polar surface area (TPSA) is 66.5 Å². The van der Waals surface area contributed by atoms with Crippen molar-refractivity contribution in [3.05, 3.63) is 30.1 Å².